The number of hydrogen-bond acceptors (Lipinski definition) is 5. The molecule has 1 amide bonds. The summed E-state index contributed by atoms with van der Waals surface area (Å²) in [5.74, 6) is -3.93. The lowest BCUT2D eigenvalue weighted by molar-refractivity contribution is -0.132. The molecule has 4 rings (SSSR count). The Kier molecular flexibility index (Phi) is 5.68. The molecule has 1 aromatic heterocycles. The maximum absolute atomic E-state index is 14.7. The first-order valence-electron chi connectivity index (χ1n) is 10.1. The zero-order valence-electron chi connectivity index (χ0n) is 18.1. The maximum atomic E-state index is 14.7. The Bertz CT molecular complexity index is 1310. The fourth-order valence-corrected chi connectivity index (χ4v) is 4.16. The molecule has 2 aromatic carbocycles. The van der Waals surface area contributed by atoms with Gasteiger partial charge >= 0.3 is 0 Å². The van der Waals surface area contributed by atoms with Crippen LogP contribution < -0.4 is 9.64 Å². The van der Waals surface area contributed by atoms with Gasteiger partial charge in [0.25, 0.3) is 11.7 Å². The summed E-state index contributed by atoms with van der Waals surface area (Å²) >= 11 is 0. The van der Waals surface area contributed by atoms with E-state index < -0.39 is 40.8 Å². The van der Waals surface area contributed by atoms with E-state index in [9.17, 15) is 23.5 Å². The number of anilines is 1. The minimum atomic E-state index is -1.21. The van der Waals surface area contributed by atoms with Crippen molar-refractivity contribution in [3.63, 3.8) is 0 Å². The minimum Gasteiger partial charge on any atom is -0.507 e. The molecule has 168 valence electrons. The van der Waals surface area contributed by atoms with Crippen LogP contribution in [0.25, 0.3) is 5.76 Å². The number of Topliss-reactive ketones (excluding diaryl/α,β-unsaturated/α-hetero) is 1. The van der Waals surface area contributed by atoms with E-state index in [0.717, 1.165) is 28.7 Å². The summed E-state index contributed by atoms with van der Waals surface area (Å²) in [5.41, 5.74) is 1.43. The lowest BCUT2D eigenvalue weighted by Crippen LogP contribution is -2.30. The summed E-state index contributed by atoms with van der Waals surface area (Å²) < 4.78 is 34.1. The van der Waals surface area contributed by atoms with Crippen molar-refractivity contribution in [2.75, 3.05) is 12.0 Å². The molecular formula is C25H20F2N2O4. The Morgan fingerprint density at radius 1 is 1.06 bits per heavy atom. The highest BCUT2D eigenvalue weighted by Crippen LogP contribution is 2.44. The van der Waals surface area contributed by atoms with E-state index in [1.54, 1.807) is 13.0 Å². The van der Waals surface area contributed by atoms with Gasteiger partial charge in [-0.3, -0.25) is 19.5 Å². The van der Waals surface area contributed by atoms with Gasteiger partial charge in [-0.15, -0.1) is 0 Å². The van der Waals surface area contributed by atoms with Gasteiger partial charge < -0.3 is 9.84 Å². The van der Waals surface area contributed by atoms with E-state index in [1.165, 1.54) is 31.6 Å². The molecule has 1 fully saturated rings. The number of aromatic nitrogens is 1. The Morgan fingerprint density at radius 3 is 2.42 bits per heavy atom. The predicted molar refractivity (Wildman–Crippen MR) is 118 cm³/mol. The molecule has 3 aromatic rings. The van der Waals surface area contributed by atoms with Crippen LogP contribution in [0.5, 0.6) is 5.75 Å². The van der Waals surface area contributed by atoms with Gasteiger partial charge in [0.15, 0.2) is 0 Å². The number of aryl methyl sites for hydroxylation is 2. The Balaban J connectivity index is 2.03. The van der Waals surface area contributed by atoms with Crippen molar-refractivity contribution in [2.45, 2.75) is 19.9 Å². The predicted octanol–water partition coefficient (Wildman–Crippen LogP) is 4.61. The molecule has 33 heavy (non-hydrogen) atoms. The second-order valence-corrected chi connectivity index (χ2v) is 7.71. The zero-order valence-corrected chi connectivity index (χ0v) is 18.1. The van der Waals surface area contributed by atoms with E-state index in [1.807, 2.05) is 13.0 Å². The van der Waals surface area contributed by atoms with Crippen LogP contribution in [0.1, 0.15) is 28.3 Å². The Morgan fingerprint density at radius 2 is 1.76 bits per heavy atom. The summed E-state index contributed by atoms with van der Waals surface area (Å²) in [6, 6.07) is 7.95. The second-order valence-electron chi connectivity index (χ2n) is 7.71. The summed E-state index contributed by atoms with van der Waals surface area (Å²) in [7, 11) is 1.43. The third-order valence-corrected chi connectivity index (χ3v) is 5.51. The number of carbonyl (C=O) groups is 2. The normalized spacial score (nSPS) is 17.5. The number of aliphatic hydroxyl groups is 1. The maximum Gasteiger partial charge on any atom is 0.300 e. The summed E-state index contributed by atoms with van der Waals surface area (Å²) in [4.78, 5) is 31.1. The fourth-order valence-electron chi connectivity index (χ4n) is 4.16. The molecule has 8 heteroatoms. The number of halogens is 2. The molecule has 1 saturated heterocycles. The van der Waals surface area contributed by atoms with Crippen LogP contribution in [0, 0.1) is 25.5 Å². The first-order chi connectivity index (χ1) is 15.7. The standard InChI is InChI=1S/C25H20F2N2O4/c1-13-10-14(2)24(33-3)17(11-13)22(30)20-21(15-6-8-28-9-7-15)29(25(32)23(20)31)19-12-16(26)4-5-18(19)27/h4-12,21,30H,1-3H3/b22-20+. The topological polar surface area (TPSA) is 79.7 Å². The third-order valence-electron chi connectivity index (χ3n) is 5.51. The Hall–Kier alpha value is -4.07. The van der Waals surface area contributed by atoms with Crippen molar-refractivity contribution < 1.29 is 28.2 Å². The minimum absolute atomic E-state index is 0.215. The van der Waals surface area contributed by atoms with E-state index >= 15 is 0 Å². The molecule has 0 bridgehead atoms. The van der Waals surface area contributed by atoms with Gasteiger partial charge in [-0.2, -0.15) is 0 Å². The Labute approximate surface area is 188 Å². The molecule has 0 radical (unpaired) electrons. The van der Waals surface area contributed by atoms with E-state index in [2.05, 4.69) is 4.98 Å². The number of amides is 1. The van der Waals surface area contributed by atoms with Crippen LogP contribution in [0.2, 0.25) is 0 Å². The smallest absolute Gasteiger partial charge is 0.300 e. The molecule has 1 N–H and O–H groups in total. The fraction of sp³-hybridized carbons (Fsp3) is 0.160. The highest BCUT2D eigenvalue weighted by molar-refractivity contribution is 6.51. The van der Waals surface area contributed by atoms with Gasteiger partial charge in [-0.05, 0) is 60.9 Å². The quantitative estimate of drug-likeness (QED) is 0.357. The van der Waals surface area contributed by atoms with Crippen molar-refractivity contribution in [2.24, 2.45) is 0 Å². The van der Waals surface area contributed by atoms with Crippen molar-refractivity contribution in [3.8, 4) is 5.75 Å². The molecule has 0 aliphatic carbocycles. The first kappa shape index (κ1) is 22.1. The molecule has 0 saturated carbocycles. The molecule has 0 spiro atoms. The van der Waals surface area contributed by atoms with Crippen LogP contribution in [-0.2, 0) is 9.59 Å². The van der Waals surface area contributed by atoms with Gasteiger partial charge in [0.1, 0.15) is 23.1 Å². The monoisotopic (exact) mass is 450 g/mol. The van der Waals surface area contributed by atoms with Crippen LogP contribution in [0.15, 0.2) is 60.4 Å². The number of pyridine rings is 1. The highest BCUT2D eigenvalue weighted by Gasteiger charge is 2.48. The van der Waals surface area contributed by atoms with E-state index in [4.69, 9.17) is 4.74 Å². The molecule has 1 aliphatic rings. The molecule has 1 aliphatic heterocycles. The summed E-state index contributed by atoms with van der Waals surface area (Å²) in [6.07, 6.45) is 2.88. The van der Waals surface area contributed by atoms with Crippen molar-refractivity contribution in [1.82, 2.24) is 4.98 Å². The number of benzene rings is 2. The van der Waals surface area contributed by atoms with Crippen molar-refractivity contribution in [3.05, 3.63) is 94.3 Å². The first-order valence-corrected chi connectivity index (χ1v) is 10.1. The van der Waals surface area contributed by atoms with Crippen molar-refractivity contribution in [1.29, 1.82) is 0 Å². The van der Waals surface area contributed by atoms with Crippen LogP contribution >= 0.6 is 0 Å². The molecule has 2 heterocycles. The summed E-state index contributed by atoms with van der Waals surface area (Å²) in [5, 5.41) is 11.3. The number of rotatable bonds is 4. The van der Waals surface area contributed by atoms with Gasteiger partial charge in [-0.1, -0.05) is 6.07 Å². The molecule has 6 nitrogen and oxygen atoms in total. The summed E-state index contributed by atoms with van der Waals surface area (Å²) in [6.45, 7) is 3.59. The van der Waals surface area contributed by atoms with Gasteiger partial charge in [0.05, 0.1) is 30.0 Å². The van der Waals surface area contributed by atoms with Crippen LogP contribution in [0.4, 0.5) is 14.5 Å². The second kappa shape index (κ2) is 8.46. The number of nitrogens with zero attached hydrogens (tertiary/aromatic N) is 2. The average molecular weight is 450 g/mol. The van der Waals surface area contributed by atoms with Crippen LogP contribution in [0.3, 0.4) is 0 Å². The average Bonchev–Trinajstić information content (AvgIpc) is 3.05. The number of aliphatic hydroxyl groups excluding tert-OH is 1. The van der Waals surface area contributed by atoms with Gasteiger partial charge in [-0.25, -0.2) is 8.78 Å². The lowest BCUT2D eigenvalue weighted by Gasteiger charge is -2.26. The molecule has 1 unspecified atom stereocenters. The molecular weight excluding hydrogens is 430 g/mol. The van der Waals surface area contributed by atoms with Crippen LogP contribution in [-0.4, -0.2) is 28.9 Å². The SMILES string of the molecule is COc1c(C)cc(C)cc1/C(O)=C1\C(=O)C(=O)N(c2cc(F)ccc2F)C1c1ccncc1. The number of carbonyl (C=O) groups excluding carboxylic acids is 2. The number of ether oxygens (including phenoxy) is 1. The number of ketones is 1. The third kappa shape index (κ3) is 3.73. The largest absolute Gasteiger partial charge is 0.507 e. The van der Waals surface area contributed by atoms with Gasteiger partial charge in [0.2, 0.25) is 0 Å². The number of methoxy groups -OCH3 is 1. The molecule has 1 atom stereocenters. The zero-order chi connectivity index (χ0) is 23.9. The van der Waals surface area contributed by atoms with E-state index in [0.29, 0.717) is 16.9 Å². The van der Waals surface area contributed by atoms with E-state index in [-0.39, 0.29) is 11.1 Å². The van der Waals surface area contributed by atoms with Gasteiger partial charge in [0, 0.05) is 18.5 Å². The number of hydrogen-bond donors (Lipinski definition) is 1. The lowest BCUT2D eigenvalue weighted by atomic mass is 9.94. The highest BCUT2D eigenvalue weighted by atomic mass is 19.1. The van der Waals surface area contributed by atoms with Crippen molar-refractivity contribution >= 4 is 23.1 Å².